The van der Waals surface area contributed by atoms with Crippen LogP contribution < -0.4 is 5.32 Å². The van der Waals surface area contributed by atoms with E-state index in [1.54, 1.807) is 6.20 Å². The average molecular weight is 243 g/mol. The Morgan fingerprint density at radius 1 is 1.17 bits per heavy atom. The van der Waals surface area contributed by atoms with Gasteiger partial charge in [-0.3, -0.25) is 5.10 Å². The normalized spacial score (nSPS) is 10.5. The van der Waals surface area contributed by atoms with Crippen molar-refractivity contribution in [2.75, 3.05) is 11.9 Å². The summed E-state index contributed by atoms with van der Waals surface area (Å²) in [4.78, 5) is 0. The number of aromatic amines is 1. The molecule has 1 aromatic heterocycles. The Kier molecular flexibility index (Phi) is 4.82. The number of hydrogen-bond acceptors (Lipinski definition) is 2. The summed E-state index contributed by atoms with van der Waals surface area (Å²) < 4.78 is 0. The highest BCUT2D eigenvalue weighted by molar-refractivity contribution is 5.64. The quantitative estimate of drug-likeness (QED) is 0.720. The van der Waals surface area contributed by atoms with Crippen molar-refractivity contribution < 1.29 is 0 Å². The molecule has 0 atom stereocenters. The van der Waals surface area contributed by atoms with Crippen LogP contribution in [-0.4, -0.2) is 16.7 Å². The fourth-order valence-corrected chi connectivity index (χ4v) is 2.00. The van der Waals surface area contributed by atoms with Gasteiger partial charge in [0.15, 0.2) is 0 Å². The van der Waals surface area contributed by atoms with E-state index in [9.17, 15) is 0 Å². The zero-order chi connectivity index (χ0) is 12.6. The van der Waals surface area contributed by atoms with E-state index in [-0.39, 0.29) is 0 Å². The van der Waals surface area contributed by atoms with Gasteiger partial charge >= 0.3 is 0 Å². The minimum Gasteiger partial charge on any atom is -0.385 e. The first-order valence-corrected chi connectivity index (χ1v) is 6.74. The van der Waals surface area contributed by atoms with E-state index in [2.05, 4.69) is 46.7 Å². The van der Waals surface area contributed by atoms with E-state index in [0.29, 0.717) is 0 Å². The van der Waals surface area contributed by atoms with Crippen LogP contribution in [0.5, 0.6) is 0 Å². The van der Waals surface area contributed by atoms with Crippen LogP contribution in [0.3, 0.4) is 0 Å². The van der Waals surface area contributed by atoms with E-state index < -0.39 is 0 Å². The average Bonchev–Trinajstić information content (AvgIpc) is 2.93. The van der Waals surface area contributed by atoms with E-state index >= 15 is 0 Å². The molecule has 0 unspecified atom stereocenters. The lowest BCUT2D eigenvalue weighted by Gasteiger charge is -2.07. The van der Waals surface area contributed by atoms with Gasteiger partial charge in [-0.15, -0.1) is 0 Å². The van der Waals surface area contributed by atoms with Gasteiger partial charge in [0.25, 0.3) is 0 Å². The maximum Gasteiger partial charge on any atom is 0.0650 e. The lowest BCUT2D eigenvalue weighted by atomic mass is 10.1. The van der Waals surface area contributed by atoms with Gasteiger partial charge in [0.1, 0.15) is 0 Å². The second-order valence-corrected chi connectivity index (χ2v) is 4.54. The van der Waals surface area contributed by atoms with E-state index in [4.69, 9.17) is 0 Å². The van der Waals surface area contributed by atoms with E-state index in [0.717, 1.165) is 12.2 Å². The molecule has 0 radical (unpaired) electrons. The van der Waals surface area contributed by atoms with Crippen molar-refractivity contribution >= 4 is 5.69 Å². The molecule has 2 rings (SSSR count). The van der Waals surface area contributed by atoms with Crippen LogP contribution in [0.25, 0.3) is 11.3 Å². The number of nitrogens with one attached hydrogen (secondary N) is 2. The van der Waals surface area contributed by atoms with Crippen LogP contribution in [0, 0.1) is 0 Å². The number of unbranched alkanes of at least 4 members (excludes halogenated alkanes) is 3. The topological polar surface area (TPSA) is 40.7 Å². The minimum atomic E-state index is 1.05. The molecule has 1 heterocycles. The number of aromatic nitrogens is 2. The third kappa shape index (κ3) is 3.62. The first-order chi connectivity index (χ1) is 8.90. The molecule has 0 amide bonds. The van der Waals surface area contributed by atoms with E-state index in [1.165, 1.54) is 36.9 Å². The highest BCUT2D eigenvalue weighted by atomic mass is 15.1. The van der Waals surface area contributed by atoms with Crippen molar-refractivity contribution in [2.24, 2.45) is 0 Å². The molecule has 18 heavy (non-hydrogen) atoms. The summed E-state index contributed by atoms with van der Waals surface area (Å²) >= 11 is 0. The Balaban J connectivity index is 1.88. The Bertz CT molecular complexity index is 449. The van der Waals surface area contributed by atoms with Crippen LogP contribution in [0.2, 0.25) is 0 Å². The predicted molar refractivity (Wildman–Crippen MR) is 76.7 cm³/mol. The van der Waals surface area contributed by atoms with Gasteiger partial charge in [-0.1, -0.05) is 38.3 Å². The van der Waals surface area contributed by atoms with Gasteiger partial charge in [0, 0.05) is 24.0 Å². The summed E-state index contributed by atoms with van der Waals surface area (Å²) in [5, 5.41) is 10.4. The van der Waals surface area contributed by atoms with Crippen LogP contribution >= 0.6 is 0 Å². The predicted octanol–water partition coefficient (Wildman–Crippen LogP) is 4.07. The highest BCUT2D eigenvalue weighted by Crippen LogP contribution is 2.20. The summed E-state index contributed by atoms with van der Waals surface area (Å²) in [5.41, 5.74) is 3.41. The molecule has 3 nitrogen and oxygen atoms in total. The number of hydrogen-bond donors (Lipinski definition) is 2. The molecule has 0 bridgehead atoms. The Labute approximate surface area is 109 Å². The first kappa shape index (κ1) is 12.7. The van der Waals surface area contributed by atoms with Crippen LogP contribution in [0.1, 0.15) is 32.6 Å². The molecule has 3 heteroatoms. The van der Waals surface area contributed by atoms with E-state index in [1.807, 2.05) is 6.07 Å². The van der Waals surface area contributed by atoms with Crippen molar-refractivity contribution in [1.82, 2.24) is 10.2 Å². The number of anilines is 1. The Hall–Kier alpha value is -1.77. The fraction of sp³-hybridized carbons (Fsp3) is 0.400. The molecule has 0 saturated heterocycles. The summed E-state index contributed by atoms with van der Waals surface area (Å²) in [7, 11) is 0. The third-order valence-corrected chi connectivity index (χ3v) is 3.03. The zero-order valence-electron chi connectivity index (χ0n) is 10.9. The Morgan fingerprint density at radius 2 is 2.11 bits per heavy atom. The summed E-state index contributed by atoms with van der Waals surface area (Å²) in [6, 6.07) is 10.4. The molecule has 0 spiro atoms. The molecule has 0 fully saturated rings. The SMILES string of the molecule is CCCCCCNc1cccc(-c2ccn[nH]2)c1. The molecule has 2 aromatic rings. The zero-order valence-corrected chi connectivity index (χ0v) is 10.9. The fourth-order valence-electron chi connectivity index (χ4n) is 2.00. The molecule has 1 aromatic carbocycles. The molecule has 0 saturated carbocycles. The number of rotatable bonds is 7. The number of benzene rings is 1. The lowest BCUT2D eigenvalue weighted by molar-refractivity contribution is 0.685. The van der Waals surface area contributed by atoms with Gasteiger partial charge in [0.05, 0.1) is 5.69 Å². The van der Waals surface area contributed by atoms with Gasteiger partial charge < -0.3 is 5.32 Å². The van der Waals surface area contributed by atoms with Crippen molar-refractivity contribution in [3.8, 4) is 11.3 Å². The molecular formula is C15H21N3. The number of nitrogens with zero attached hydrogens (tertiary/aromatic N) is 1. The van der Waals surface area contributed by atoms with Crippen LogP contribution in [0.4, 0.5) is 5.69 Å². The van der Waals surface area contributed by atoms with Gasteiger partial charge in [-0.25, -0.2) is 0 Å². The molecule has 2 N–H and O–H groups in total. The maximum atomic E-state index is 3.98. The van der Waals surface area contributed by atoms with Gasteiger partial charge in [-0.05, 0) is 24.6 Å². The molecule has 0 aliphatic heterocycles. The van der Waals surface area contributed by atoms with Crippen LogP contribution in [0.15, 0.2) is 36.5 Å². The summed E-state index contributed by atoms with van der Waals surface area (Å²) in [5.74, 6) is 0. The van der Waals surface area contributed by atoms with Crippen LogP contribution in [-0.2, 0) is 0 Å². The Morgan fingerprint density at radius 3 is 2.89 bits per heavy atom. The van der Waals surface area contributed by atoms with Crippen molar-refractivity contribution in [3.05, 3.63) is 36.5 Å². The monoisotopic (exact) mass is 243 g/mol. The molecular weight excluding hydrogens is 222 g/mol. The van der Waals surface area contributed by atoms with Crippen molar-refractivity contribution in [1.29, 1.82) is 0 Å². The first-order valence-electron chi connectivity index (χ1n) is 6.74. The standard InChI is InChI=1S/C15H21N3/c1-2-3-4-5-10-16-14-8-6-7-13(12-14)15-9-11-17-18-15/h6-9,11-12,16H,2-5,10H2,1H3,(H,17,18). The van der Waals surface area contributed by atoms with Gasteiger partial charge in [-0.2, -0.15) is 5.10 Å². The highest BCUT2D eigenvalue weighted by Gasteiger charge is 1.99. The largest absolute Gasteiger partial charge is 0.385 e. The second kappa shape index (κ2) is 6.84. The summed E-state index contributed by atoms with van der Waals surface area (Å²) in [6.07, 6.45) is 6.94. The minimum absolute atomic E-state index is 1.05. The lowest BCUT2D eigenvalue weighted by Crippen LogP contribution is -2.01. The molecule has 0 aliphatic carbocycles. The summed E-state index contributed by atoms with van der Waals surface area (Å²) in [6.45, 7) is 3.29. The second-order valence-electron chi connectivity index (χ2n) is 4.54. The molecule has 0 aliphatic rings. The smallest absolute Gasteiger partial charge is 0.0650 e. The number of H-pyrrole nitrogens is 1. The van der Waals surface area contributed by atoms with Gasteiger partial charge in [0.2, 0.25) is 0 Å². The molecule has 96 valence electrons. The maximum absolute atomic E-state index is 3.98. The van der Waals surface area contributed by atoms with Crippen molar-refractivity contribution in [2.45, 2.75) is 32.6 Å². The van der Waals surface area contributed by atoms with Crippen molar-refractivity contribution in [3.63, 3.8) is 0 Å². The third-order valence-electron chi connectivity index (χ3n) is 3.03.